The number of aromatic nitrogens is 2. The Labute approximate surface area is 137 Å². The molecule has 0 saturated carbocycles. The first-order chi connectivity index (χ1) is 11.1. The second-order valence-corrected chi connectivity index (χ2v) is 6.16. The molecule has 1 aromatic heterocycles. The molecule has 0 spiro atoms. The van der Waals surface area contributed by atoms with Crippen molar-refractivity contribution in [2.75, 3.05) is 25.0 Å². The standard InChI is InChI=1S/C18H22N4O/c1-14-7-6-10-22(13-14)17(23)15-11-19-18(20-12-15)21(2)16-8-4-3-5-9-16/h3-5,8-9,11-12,14H,6-7,10,13H2,1-2H3. The third-order valence-corrected chi connectivity index (χ3v) is 4.27. The molecule has 1 atom stereocenters. The van der Waals surface area contributed by atoms with Crippen molar-refractivity contribution in [3.05, 3.63) is 48.3 Å². The molecule has 0 aliphatic carbocycles. The van der Waals surface area contributed by atoms with Crippen LogP contribution in [-0.4, -0.2) is 40.9 Å². The summed E-state index contributed by atoms with van der Waals surface area (Å²) in [6.07, 6.45) is 5.52. The summed E-state index contributed by atoms with van der Waals surface area (Å²) in [5.41, 5.74) is 1.57. The second-order valence-electron chi connectivity index (χ2n) is 6.16. The molecule has 1 aliphatic rings. The van der Waals surface area contributed by atoms with Gasteiger partial charge in [-0.2, -0.15) is 0 Å². The van der Waals surface area contributed by atoms with E-state index in [-0.39, 0.29) is 5.91 Å². The molecule has 1 unspecified atom stereocenters. The number of piperidine rings is 1. The van der Waals surface area contributed by atoms with Crippen LogP contribution in [0.15, 0.2) is 42.7 Å². The number of carbonyl (C=O) groups excluding carboxylic acids is 1. The van der Waals surface area contributed by atoms with Gasteiger partial charge in [0.2, 0.25) is 5.95 Å². The number of rotatable bonds is 3. The van der Waals surface area contributed by atoms with Gasteiger partial charge in [0.25, 0.3) is 5.91 Å². The van der Waals surface area contributed by atoms with E-state index >= 15 is 0 Å². The molecule has 1 amide bonds. The Bertz CT molecular complexity index is 656. The number of likely N-dealkylation sites (tertiary alicyclic amines) is 1. The molecular formula is C18H22N4O. The highest BCUT2D eigenvalue weighted by atomic mass is 16.2. The summed E-state index contributed by atoms with van der Waals surface area (Å²) < 4.78 is 0. The Morgan fingerprint density at radius 3 is 2.57 bits per heavy atom. The van der Waals surface area contributed by atoms with Crippen molar-refractivity contribution in [3.63, 3.8) is 0 Å². The molecule has 1 saturated heterocycles. The smallest absolute Gasteiger partial charge is 0.257 e. The van der Waals surface area contributed by atoms with Gasteiger partial charge in [-0.15, -0.1) is 0 Å². The van der Waals surface area contributed by atoms with Crippen LogP contribution >= 0.6 is 0 Å². The van der Waals surface area contributed by atoms with Gasteiger partial charge >= 0.3 is 0 Å². The highest BCUT2D eigenvalue weighted by Crippen LogP contribution is 2.20. The van der Waals surface area contributed by atoms with E-state index in [1.165, 1.54) is 6.42 Å². The summed E-state index contributed by atoms with van der Waals surface area (Å²) in [6.45, 7) is 3.84. The molecular weight excluding hydrogens is 288 g/mol. The SMILES string of the molecule is CC1CCCN(C(=O)c2cnc(N(C)c3ccccc3)nc2)C1. The molecule has 3 rings (SSSR count). The minimum absolute atomic E-state index is 0.0328. The lowest BCUT2D eigenvalue weighted by Crippen LogP contribution is -2.39. The first-order valence-corrected chi connectivity index (χ1v) is 8.05. The third kappa shape index (κ3) is 3.50. The monoisotopic (exact) mass is 310 g/mol. The largest absolute Gasteiger partial charge is 0.338 e. The molecule has 2 heterocycles. The second kappa shape index (κ2) is 6.77. The van der Waals surface area contributed by atoms with Gasteiger partial charge < -0.3 is 9.80 Å². The number of para-hydroxylation sites is 1. The minimum atomic E-state index is 0.0328. The Morgan fingerprint density at radius 1 is 1.22 bits per heavy atom. The summed E-state index contributed by atoms with van der Waals surface area (Å²) in [5, 5.41) is 0. The van der Waals surface area contributed by atoms with E-state index in [0.29, 0.717) is 17.4 Å². The molecule has 5 nitrogen and oxygen atoms in total. The number of anilines is 2. The summed E-state index contributed by atoms with van der Waals surface area (Å²) in [4.78, 5) is 25.1. The van der Waals surface area contributed by atoms with E-state index in [1.54, 1.807) is 12.4 Å². The summed E-state index contributed by atoms with van der Waals surface area (Å²) in [7, 11) is 1.92. The van der Waals surface area contributed by atoms with Crippen LogP contribution < -0.4 is 4.90 Å². The fraction of sp³-hybridized carbons (Fsp3) is 0.389. The third-order valence-electron chi connectivity index (χ3n) is 4.27. The first-order valence-electron chi connectivity index (χ1n) is 8.05. The molecule has 0 bridgehead atoms. The van der Waals surface area contributed by atoms with E-state index in [4.69, 9.17) is 0 Å². The average Bonchev–Trinajstić information content (AvgIpc) is 2.61. The Morgan fingerprint density at radius 2 is 1.91 bits per heavy atom. The number of nitrogens with zero attached hydrogens (tertiary/aromatic N) is 4. The van der Waals surface area contributed by atoms with Gasteiger partial charge in [0.05, 0.1) is 5.56 Å². The lowest BCUT2D eigenvalue weighted by molar-refractivity contribution is 0.0682. The van der Waals surface area contributed by atoms with Crippen LogP contribution in [0.1, 0.15) is 30.1 Å². The Balaban J connectivity index is 1.73. The van der Waals surface area contributed by atoms with E-state index in [9.17, 15) is 4.79 Å². The molecule has 5 heteroatoms. The van der Waals surface area contributed by atoms with Crippen LogP contribution in [0, 0.1) is 5.92 Å². The van der Waals surface area contributed by atoms with Gasteiger partial charge in [0.15, 0.2) is 0 Å². The quantitative estimate of drug-likeness (QED) is 0.874. The predicted octanol–water partition coefficient (Wildman–Crippen LogP) is 3.12. The Kier molecular flexibility index (Phi) is 4.55. The van der Waals surface area contributed by atoms with Crippen LogP contribution in [0.2, 0.25) is 0 Å². The van der Waals surface area contributed by atoms with Crippen LogP contribution in [0.5, 0.6) is 0 Å². The van der Waals surface area contributed by atoms with Gasteiger partial charge in [-0.1, -0.05) is 25.1 Å². The highest BCUT2D eigenvalue weighted by Gasteiger charge is 2.22. The molecule has 23 heavy (non-hydrogen) atoms. The number of amides is 1. The number of benzene rings is 1. The maximum absolute atomic E-state index is 12.5. The molecule has 0 N–H and O–H groups in total. The van der Waals surface area contributed by atoms with E-state index in [1.807, 2.05) is 47.2 Å². The van der Waals surface area contributed by atoms with Crippen LogP contribution in [0.4, 0.5) is 11.6 Å². The molecule has 120 valence electrons. The predicted molar refractivity (Wildman–Crippen MR) is 90.8 cm³/mol. The zero-order valence-electron chi connectivity index (χ0n) is 13.6. The lowest BCUT2D eigenvalue weighted by atomic mass is 10.00. The zero-order valence-corrected chi connectivity index (χ0v) is 13.6. The summed E-state index contributed by atoms with van der Waals surface area (Å²) >= 11 is 0. The molecule has 2 aromatic rings. The fourth-order valence-corrected chi connectivity index (χ4v) is 2.93. The topological polar surface area (TPSA) is 49.3 Å². The van der Waals surface area contributed by atoms with Crippen molar-refractivity contribution >= 4 is 17.5 Å². The van der Waals surface area contributed by atoms with Crippen LogP contribution in [-0.2, 0) is 0 Å². The summed E-state index contributed by atoms with van der Waals surface area (Å²) in [5.74, 6) is 1.18. The van der Waals surface area contributed by atoms with Crippen molar-refractivity contribution in [3.8, 4) is 0 Å². The molecule has 1 aromatic carbocycles. The molecule has 1 aliphatic heterocycles. The molecule has 0 radical (unpaired) electrons. The van der Waals surface area contributed by atoms with Gasteiger partial charge in [-0.3, -0.25) is 4.79 Å². The van der Waals surface area contributed by atoms with Gasteiger partial charge in [-0.05, 0) is 30.9 Å². The lowest BCUT2D eigenvalue weighted by Gasteiger charge is -2.30. The maximum atomic E-state index is 12.5. The minimum Gasteiger partial charge on any atom is -0.338 e. The molecule has 1 fully saturated rings. The normalized spacial score (nSPS) is 17.8. The van der Waals surface area contributed by atoms with E-state index in [2.05, 4.69) is 16.9 Å². The number of hydrogen-bond donors (Lipinski definition) is 0. The first kappa shape index (κ1) is 15.5. The zero-order chi connectivity index (χ0) is 16.2. The highest BCUT2D eigenvalue weighted by molar-refractivity contribution is 5.93. The van der Waals surface area contributed by atoms with Crippen molar-refractivity contribution in [2.45, 2.75) is 19.8 Å². The van der Waals surface area contributed by atoms with Gasteiger partial charge in [-0.25, -0.2) is 9.97 Å². The van der Waals surface area contributed by atoms with Crippen molar-refractivity contribution in [2.24, 2.45) is 5.92 Å². The average molecular weight is 310 g/mol. The fourth-order valence-electron chi connectivity index (χ4n) is 2.93. The Hall–Kier alpha value is -2.43. The maximum Gasteiger partial charge on any atom is 0.257 e. The van der Waals surface area contributed by atoms with E-state index < -0.39 is 0 Å². The van der Waals surface area contributed by atoms with Gasteiger partial charge in [0.1, 0.15) is 0 Å². The van der Waals surface area contributed by atoms with Crippen LogP contribution in [0.3, 0.4) is 0 Å². The van der Waals surface area contributed by atoms with Gasteiger partial charge in [0, 0.05) is 38.2 Å². The van der Waals surface area contributed by atoms with E-state index in [0.717, 1.165) is 25.2 Å². The van der Waals surface area contributed by atoms with Crippen molar-refractivity contribution in [1.29, 1.82) is 0 Å². The number of hydrogen-bond acceptors (Lipinski definition) is 4. The van der Waals surface area contributed by atoms with Crippen molar-refractivity contribution in [1.82, 2.24) is 14.9 Å². The summed E-state index contributed by atoms with van der Waals surface area (Å²) in [6, 6.07) is 9.91. The van der Waals surface area contributed by atoms with Crippen LogP contribution in [0.25, 0.3) is 0 Å². The van der Waals surface area contributed by atoms with Crippen molar-refractivity contribution < 1.29 is 4.79 Å². The number of carbonyl (C=O) groups is 1.